The lowest BCUT2D eigenvalue weighted by molar-refractivity contribution is -0.119. The van der Waals surface area contributed by atoms with Gasteiger partial charge in [-0.25, -0.2) is 22.4 Å². The molecule has 0 unspecified atom stereocenters. The van der Waals surface area contributed by atoms with Crippen molar-refractivity contribution < 1.29 is 27.1 Å². The number of carbonyl (C=O) groups excluding carboxylic acids is 2. The fraction of sp³-hybridized carbons (Fsp3) is 0.250. The third kappa shape index (κ3) is 4.86. The highest BCUT2D eigenvalue weighted by Gasteiger charge is 2.26. The number of benzene rings is 2. The fourth-order valence-corrected chi connectivity index (χ4v) is 4.60. The van der Waals surface area contributed by atoms with E-state index in [0.29, 0.717) is 16.7 Å². The SMILES string of the molecule is CCN(CC)S(=O)(=O)c1cc(C(=O)OCC(=O)Nc2ccc3[nH]c(=O)[nH]c3c2)ccc1F. The number of halogens is 1. The van der Waals surface area contributed by atoms with Crippen molar-refractivity contribution in [3.63, 3.8) is 0 Å². The van der Waals surface area contributed by atoms with E-state index in [1.54, 1.807) is 26.0 Å². The van der Waals surface area contributed by atoms with Crippen molar-refractivity contribution in [2.75, 3.05) is 25.0 Å². The van der Waals surface area contributed by atoms with E-state index in [2.05, 4.69) is 15.3 Å². The molecule has 0 spiro atoms. The molecule has 32 heavy (non-hydrogen) atoms. The topological polar surface area (TPSA) is 141 Å². The second-order valence-electron chi connectivity index (χ2n) is 6.70. The van der Waals surface area contributed by atoms with Crippen LogP contribution in [0.3, 0.4) is 0 Å². The Balaban J connectivity index is 1.68. The number of ether oxygens (including phenoxy) is 1. The molecule has 1 heterocycles. The highest BCUT2D eigenvalue weighted by atomic mass is 32.2. The van der Waals surface area contributed by atoms with Crippen LogP contribution in [0, 0.1) is 5.82 Å². The van der Waals surface area contributed by atoms with Crippen molar-refractivity contribution >= 4 is 38.6 Å². The standard InChI is InChI=1S/C20H21FN4O6S/c1-3-25(4-2)32(29,30)17-9-12(5-7-14(17)21)19(27)31-11-18(26)22-13-6-8-15-16(10-13)24-20(28)23-15/h5-10H,3-4,11H2,1-2H3,(H,22,26)(H2,23,24,28). The number of H-pyrrole nitrogens is 2. The molecular formula is C20H21FN4O6S. The maximum atomic E-state index is 14.2. The third-order valence-corrected chi connectivity index (χ3v) is 6.69. The summed E-state index contributed by atoms with van der Waals surface area (Å²) < 4.78 is 45.4. The van der Waals surface area contributed by atoms with Gasteiger partial charge in [-0.15, -0.1) is 0 Å². The zero-order valence-electron chi connectivity index (χ0n) is 17.3. The summed E-state index contributed by atoms with van der Waals surface area (Å²) in [6.45, 7) is 2.84. The Bertz CT molecular complexity index is 1330. The lowest BCUT2D eigenvalue weighted by Crippen LogP contribution is -2.31. The average Bonchev–Trinajstić information content (AvgIpc) is 3.12. The van der Waals surface area contributed by atoms with Crippen LogP contribution in [0.2, 0.25) is 0 Å². The normalized spacial score (nSPS) is 11.6. The predicted octanol–water partition coefficient (Wildman–Crippen LogP) is 1.82. The van der Waals surface area contributed by atoms with Gasteiger partial charge in [-0.05, 0) is 36.4 Å². The summed E-state index contributed by atoms with van der Waals surface area (Å²) in [6.07, 6.45) is 0. The molecule has 0 aliphatic rings. The van der Waals surface area contributed by atoms with Crippen LogP contribution in [0.25, 0.3) is 11.0 Å². The Morgan fingerprint density at radius 2 is 1.75 bits per heavy atom. The molecule has 3 N–H and O–H groups in total. The highest BCUT2D eigenvalue weighted by molar-refractivity contribution is 7.89. The van der Waals surface area contributed by atoms with Crippen molar-refractivity contribution in [1.29, 1.82) is 0 Å². The lowest BCUT2D eigenvalue weighted by Gasteiger charge is -2.19. The number of aromatic amines is 2. The summed E-state index contributed by atoms with van der Waals surface area (Å²) >= 11 is 0. The first-order chi connectivity index (χ1) is 15.1. The molecule has 12 heteroatoms. The molecule has 0 radical (unpaired) electrons. The van der Waals surface area contributed by atoms with E-state index in [1.807, 2.05) is 0 Å². The number of carbonyl (C=O) groups is 2. The summed E-state index contributed by atoms with van der Waals surface area (Å²) in [4.78, 5) is 40.2. The summed E-state index contributed by atoms with van der Waals surface area (Å²) in [5.41, 5.74) is 0.808. The van der Waals surface area contributed by atoms with Crippen LogP contribution < -0.4 is 11.0 Å². The van der Waals surface area contributed by atoms with E-state index in [9.17, 15) is 27.2 Å². The number of amides is 1. The van der Waals surface area contributed by atoms with Crippen LogP contribution in [0.1, 0.15) is 24.2 Å². The maximum absolute atomic E-state index is 14.2. The van der Waals surface area contributed by atoms with E-state index in [-0.39, 0.29) is 24.3 Å². The zero-order chi connectivity index (χ0) is 23.5. The van der Waals surface area contributed by atoms with Gasteiger partial charge in [0.05, 0.1) is 16.6 Å². The van der Waals surface area contributed by atoms with Gasteiger partial charge in [-0.3, -0.25) is 4.79 Å². The molecule has 3 aromatic rings. The minimum Gasteiger partial charge on any atom is -0.452 e. The first-order valence-corrected chi connectivity index (χ1v) is 11.1. The van der Waals surface area contributed by atoms with Crippen LogP contribution in [0.15, 0.2) is 46.1 Å². The second-order valence-corrected chi connectivity index (χ2v) is 8.60. The molecule has 0 atom stereocenters. The molecule has 0 saturated heterocycles. The zero-order valence-corrected chi connectivity index (χ0v) is 18.1. The van der Waals surface area contributed by atoms with Crippen molar-refractivity contribution in [2.45, 2.75) is 18.7 Å². The molecule has 0 saturated carbocycles. The van der Waals surface area contributed by atoms with Crippen LogP contribution in [0.4, 0.5) is 10.1 Å². The van der Waals surface area contributed by atoms with Crippen LogP contribution >= 0.6 is 0 Å². The molecule has 10 nitrogen and oxygen atoms in total. The molecular weight excluding hydrogens is 443 g/mol. The predicted molar refractivity (Wildman–Crippen MR) is 114 cm³/mol. The van der Waals surface area contributed by atoms with Gasteiger partial charge in [0.15, 0.2) is 6.61 Å². The molecule has 0 aliphatic carbocycles. The number of imidazole rings is 1. The van der Waals surface area contributed by atoms with E-state index in [1.165, 1.54) is 6.07 Å². The van der Waals surface area contributed by atoms with Crippen LogP contribution in [0.5, 0.6) is 0 Å². The summed E-state index contributed by atoms with van der Waals surface area (Å²) in [5.74, 6) is -2.64. The number of esters is 1. The van der Waals surface area contributed by atoms with Gasteiger partial charge in [0.25, 0.3) is 5.91 Å². The van der Waals surface area contributed by atoms with E-state index in [0.717, 1.165) is 22.5 Å². The number of fused-ring (bicyclic) bond motifs is 1. The van der Waals surface area contributed by atoms with Gasteiger partial charge in [0, 0.05) is 18.8 Å². The van der Waals surface area contributed by atoms with Gasteiger partial charge >= 0.3 is 11.7 Å². The molecule has 3 rings (SSSR count). The monoisotopic (exact) mass is 464 g/mol. The average molecular weight is 464 g/mol. The van der Waals surface area contributed by atoms with Gasteiger partial charge in [0.2, 0.25) is 10.0 Å². The summed E-state index contributed by atoms with van der Waals surface area (Å²) in [6, 6.07) is 7.49. The van der Waals surface area contributed by atoms with Gasteiger partial charge in [-0.2, -0.15) is 4.31 Å². The quantitative estimate of drug-likeness (QED) is 0.434. The van der Waals surface area contributed by atoms with Gasteiger partial charge < -0.3 is 20.0 Å². The smallest absolute Gasteiger partial charge is 0.338 e. The van der Waals surface area contributed by atoms with Gasteiger partial charge in [-0.1, -0.05) is 13.8 Å². The number of hydrogen-bond donors (Lipinski definition) is 3. The van der Waals surface area contributed by atoms with Crippen molar-refractivity contribution in [2.24, 2.45) is 0 Å². The third-order valence-electron chi connectivity index (χ3n) is 4.62. The Morgan fingerprint density at radius 3 is 2.44 bits per heavy atom. The summed E-state index contributed by atoms with van der Waals surface area (Å²) in [5, 5.41) is 2.51. The number of hydrogen-bond acceptors (Lipinski definition) is 6. The largest absolute Gasteiger partial charge is 0.452 e. The van der Waals surface area contributed by atoms with E-state index >= 15 is 0 Å². The summed E-state index contributed by atoms with van der Waals surface area (Å²) in [7, 11) is -4.13. The number of aromatic nitrogens is 2. The Hall–Kier alpha value is -3.51. The first-order valence-electron chi connectivity index (χ1n) is 9.64. The molecule has 1 aromatic heterocycles. The molecule has 0 bridgehead atoms. The number of anilines is 1. The number of rotatable bonds is 8. The second kappa shape index (κ2) is 9.32. The Morgan fingerprint density at radius 1 is 1.06 bits per heavy atom. The maximum Gasteiger partial charge on any atom is 0.338 e. The number of sulfonamides is 1. The molecule has 0 fully saturated rings. The Labute approximate surface area is 182 Å². The minimum atomic E-state index is -4.13. The number of nitrogens with one attached hydrogen (secondary N) is 3. The molecule has 170 valence electrons. The first kappa shape index (κ1) is 23.2. The van der Waals surface area contributed by atoms with E-state index < -0.39 is 39.2 Å². The highest BCUT2D eigenvalue weighted by Crippen LogP contribution is 2.21. The van der Waals surface area contributed by atoms with Crippen LogP contribution in [-0.2, 0) is 19.6 Å². The van der Waals surface area contributed by atoms with E-state index in [4.69, 9.17) is 4.74 Å². The minimum absolute atomic E-state index is 0.134. The van der Waals surface area contributed by atoms with Crippen LogP contribution in [-0.4, -0.2) is 54.3 Å². The fourth-order valence-electron chi connectivity index (χ4n) is 3.05. The Kier molecular flexibility index (Phi) is 6.75. The molecule has 2 aromatic carbocycles. The van der Waals surface area contributed by atoms with Crippen molar-refractivity contribution in [1.82, 2.24) is 14.3 Å². The molecule has 0 aliphatic heterocycles. The number of nitrogens with zero attached hydrogens (tertiary/aromatic N) is 1. The lowest BCUT2D eigenvalue weighted by atomic mass is 10.2. The molecule has 1 amide bonds. The van der Waals surface area contributed by atoms with Crippen molar-refractivity contribution in [3.05, 3.63) is 58.3 Å². The van der Waals surface area contributed by atoms with Crippen molar-refractivity contribution in [3.8, 4) is 0 Å². The van der Waals surface area contributed by atoms with Gasteiger partial charge in [0.1, 0.15) is 10.7 Å².